The lowest BCUT2D eigenvalue weighted by molar-refractivity contribution is 0.0602. The van der Waals surface area contributed by atoms with Gasteiger partial charge < -0.3 is 15.8 Å². The molecule has 0 radical (unpaired) electrons. The minimum Gasteiger partial charge on any atom is -0.465 e. The Hall–Kier alpha value is -1.79. The van der Waals surface area contributed by atoms with E-state index in [4.69, 9.17) is 22.1 Å². The number of hydrogen-bond acceptors (Lipinski definition) is 6. The van der Waals surface area contributed by atoms with Crippen LogP contribution < -0.4 is 11.1 Å². The van der Waals surface area contributed by atoms with Gasteiger partial charge in [0.05, 0.1) is 34.6 Å². The number of rotatable bonds is 5. The highest BCUT2D eigenvalue weighted by Gasteiger charge is 2.16. The van der Waals surface area contributed by atoms with Gasteiger partial charge in [-0.25, -0.2) is 9.78 Å². The number of nitrogens with one attached hydrogen (secondary N) is 1. The third-order valence-corrected chi connectivity index (χ3v) is 3.62. The second kappa shape index (κ2) is 6.58. The van der Waals surface area contributed by atoms with Crippen LogP contribution in [0.15, 0.2) is 23.0 Å². The topological polar surface area (TPSA) is 77.2 Å². The molecule has 1 heterocycles. The van der Waals surface area contributed by atoms with Crippen molar-refractivity contribution in [2.45, 2.75) is 6.42 Å². The second-order valence-electron chi connectivity index (χ2n) is 4.07. The number of thiazole rings is 1. The van der Waals surface area contributed by atoms with Gasteiger partial charge in [0.15, 0.2) is 0 Å². The molecule has 0 saturated carbocycles. The number of benzene rings is 1. The fraction of sp³-hybridized carbons (Fsp3) is 0.231. The number of methoxy groups -OCH3 is 1. The maximum atomic E-state index is 11.7. The van der Waals surface area contributed by atoms with E-state index in [0.29, 0.717) is 28.5 Å². The SMILES string of the molecule is COC(=O)c1cc(N)cc(Cl)c1NCCc1cscn1. The van der Waals surface area contributed by atoms with Gasteiger partial charge in [-0.2, -0.15) is 0 Å². The number of esters is 1. The van der Waals surface area contributed by atoms with Crippen molar-refractivity contribution in [3.8, 4) is 0 Å². The van der Waals surface area contributed by atoms with E-state index in [-0.39, 0.29) is 0 Å². The van der Waals surface area contributed by atoms with Gasteiger partial charge in [-0.1, -0.05) is 11.6 Å². The average molecular weight is 312 g/mol. The number of nitrogens with two attached hydrogens (primary N) is 1. The highest BCUT2D eigenvalue weighted by Crippen LogP contribution is 2.29. The molecule has 0 bridgehead atoms. The van der Waals surface area contributed by atoms with Crippen molar-refractivity contribution in [2.24, 2.45) is 0 Å². The zero-order valence-electron chi connectivity index (χ0n) is 10.9. The van der Waals surface area contributed by atoms with Crippen LogP contribution in [0.2, 0.25) is 5.02 Å². The van der Waals surface area contributed by atoms with E-state index in [1.807, 2.05) is 5.38 Å². The van der Waals surface area contributed by atoms with Crippen molar-refractivity contribution in [1.29, 1.82) is 0 Å². The van der Waals surface area contributed by atoms with E-state index in [9.17, 15) is 4.79 Å². The van der Waals surface area contributed by atoms with Crippen molar-refractivity contribution in [2.75, 3.05) is 24.7 Å². The van der Waals surface area contributed by atoms with E-state index in [2.05, 4.69) is 10.3 Å². The first kappa shape index (κ1) is 14.6. The Balaban J connectivity index is 2.15. The van der Waals surface area contributed by atoms with Crippen molar-refractivity contribution in [3.05, 3.63) is 39.3 Å². The van der Waals surface area contributed by atoms with E-state index < -0.39 is 5.97 Å². The van der Waals surface area contributed by atoms with Gasteiger partial charge in [0.25, 0.3) is 0 Å². The summed E-state index contributed by atoms with van der Waals surface area (Å²) in [6.07, 6.45) is 0.741. The number of carbonyl (C=O) groups excluding carboxylic acids is 1. The molecule has 0 unspecified atom stereocenters. The van der Waals surface area contributed by atoms with Crippen LogP contribution in [-0.2, 0) is 11.2 Å². The molecule has 0 aliphatic rings. The Bertz CT molecular complexity index is 602. The molecule has 3 N–H and O–H groups in total. The number of nitrogens with zero attached hydrogens (tertiary/aromatic N) is 1. The number of anilines is 2. The lowest BCUT2D eigenvalue weighted by Crippen LogP contribution is -2.12. The summed E-state index contributed by atoms with van der Waals surface area (Å²) in [6, 6.07) is 3.14. The highest BCUT2D eigenvalue weighted by molar-refractivity contribution is 7.07. The zero-order valence-corrected chi connectivity index (χ0v) is 12.4. The first-order chi connectivity index (χ1) is 9.61. The van der Waals surface area contributed by atoms with Crippen LogP contribution >= 0.6 is 22.9 Å². The molecule has 1 aromatic carbocycles. The average Bonchev–Trinajstić information content (AvgIpc) is 2.93. The summed E-state index contributed by atoms with van der Waals surface area (Å²) in [5, 5.41) is 5.51. The number of carbonyl (C=O) groups is 1. The Kier molecular flexibility index (Phi) is 4.81. The minimum absolute atomic E-state index is 0.329. The van der Waals surface area contributed by atoms with Gasteiger partial charge in [0.1, 0.15) is 0 Å². The lowest BCUT2D eigenvalue weighted by Gasteiger charge is -2.13. The molecule has 2 rings (SSSR count). The molecule has 0 aliphatic carbocycles. The van der Waals surface area contributed by atoms with Gasteiger partial charge in [-0.3, -0.25) is 0 Å². The molecule has 0 saturated heterocycles. The Labute approximate surface area is 125 Å². The molecule has 5 nitrogen and oxygen atoms in total. The summed E-state index contributed by atoms with van der Waals surface area (Å²) >= 11 is 7.68. The van der Waals surface area contributed by atoms with Gasteiger partial charge in [0.2, 0.25) is 0 Å². The standard InChI is InChI=1S/C13H14ClN3O2S/c1-19-13(18)10-4-8(15)5-11(14)12(10)16-3-2-9-6-20-7-17-9/h4-7,16H,2-3,15H2,1H3. The Morgan fingerprint density at radius 3 is 3.00 bits per heavy atom. The maximum Gasteiger partial charge on any atom is 0.340 e. The quantitative estimate of drug-likeness (QED) is 0.656. The maximum absolute atomic E-state index is 11.7. The van der Waals surface area contributed by atoms with E-state index in [0.717, 1.165) is 12.1 Å². The molecule has 106 valence electrons. The summed E-state index contributed by atoms with van der Waals surface area (Å²) < 4.78 is 4.74. The number of halogens is 1. The summed E-state index contributed by atoms with van der Waals surface area (Å²) in [4.78, 5) is 15.9. The number of ether oxygens (including phenoxy) is 1. The van der Waals surface area contributed by atoms with E-state index in [1.165, 1.54) is 7.11 Å². The summed E-state index contributed by atoms with van der Waals surface area (Å²) in [5.41, 5.74) is 9.75. The third kappa shape index (κ3) is 3.40. The lowest BCUT2D eigenvalue weighted by atomic mass is 10.1. The van der Waals surface area contributed by atoms with Crippen LogP contribution in [0.3, 0.4) is 0 Å². The van der Waals surface area contributed by atoms with Crippen molar-refractivity contribution in [3.63, 3.8) is 0 Å². The first-order valence-corrected chi connectivity index (χ1v) is 7.22. The fourth-order valence-corrected chi connectivity index (χ4v) is 2.64. The normalized spacial score (nSPS) is 10.3. The van der Waals surface area contributed by atoms with Crippen molar-refractivity contribution >= 4 is 40.3 Å². The molecule has 20 heavy (non-hydrogen) atoms. The molecule has 0 atom stereocenters. The molecule has 1 aromatic heterocycles. The second-order valence-corrected chi connectivity index (χ2v) is 5.20. The third-order valence-electron chi connectivity index (χ3n) is 2.68. The van der Waals surface area contributed by atoms with Gasteiger partial charge in [-0.05, 0) is 12.1 Å². The van der Waals surface area contributed by atoms with Crippen molar-refractivity contribution < 1.29 is 9.53 Å². The molecule has 0 amide bonds. The fourth-order valence-electron chi connectivity index (χ4n) is 1.75. The van der Waals surface area contributed by atoms with Crippen molar-refractivity contribution in [1.82, 2.24) is 4.98 Å². The Morgan fingerprint density at radius 1 is 1.55 bits per heavy atom. The molecule has 2 aromatic rings. The van der Waals surface area contributed by atoms with Crippen LogP contribution in [0.25, 0.3) is 0 Å². The van der Waals surface area contributed by atoms with E-state index >= 15 is 0 Å². The van der Waals surface area contributed by atoms with Gasteiger partial charge in [0, 0.05) is 24.0 Å². The first-order valence-electron chi connectivity index (χ1n) is 5.90. The molecule has 7 heteroatoms. The monoisotopic (exact) mass is 311 g/mol. The van der Waals surface area contributed by atoms with E-state index in [1.54, 1.807) is 29.0 Å². The zero-order chi connectivity index (χ0) is 14.5. The van der Waals surface area contributed by atoms with Crippen LogP contribution in [-0.4, -0.2) is 24.6 Å². The molecule has 0 spiro atoms. The van der Waals surface area contributed by atoms with Crippen LogP contribution in [0.5, 0.6) is 0 Å². The summed E-state index contributed by atoms with van der Waals surface area (Å²) in [6.45, 7) is 0.608. The Morgan fingerprint density at radius 2 is 2.35 bits per heavy atom. The summed E-state index contributed by atoms with van der Waals surface area (Å²) in [7, 11) is 1.32. The number of hydrogen-bond donors (Lipinski definition) is 2. The van der Waals surface area contributed by atoms with Crippen LogP contribution in [0, 0.1) is 0 Å². The number of aromatic nitrogens is 1. The predicted molar refractivity (Wildman–Crippen MR) is 81.5 cm³/mol. The van der Waals surface area contributed by atoms with Gasteiger partial charge in [-0.15, -0.1) is 11.3 Å². The van der Waals surface area contributed by atoms with Crippen LogP contribution in [0.1, 0.15) is 16.1 Å². The smallest absolute Gasteiger partial charge is 0.340 e. The molecule has 0 aliphatic heterocycles. The largest absolute Gasteiger partial charge is 0.465 e. The minimum atomic E-state index is -0.477. The molecule has 0 fully saturated rings. The summed E-state index contributed by atoms with van der Waals surface area (Å²) in [5.74, 6) is -0.477. The molecular formula is C13H14ClN3O2S. The molecular weight excluding hydrogens is 298 g/mol. The highest BCUT2D eigenvalue weighted by atomic mass is 35.5. The van der Waals surface area contributed by atoms with Crippen LogP contribution in [0.4, 0.5) is 11.4 Å². The van der Waals surface area contributed by atoms with Gasteiger partial charge >= 0.3 is 5.97 Å². The number of nitrogen functional groups attached to an aromatic ring is 1. The predicted octanol–water partition coefficient (Wildman–Crippen LogP) is 2.82.